The average Bonchev–Trinajstić information content (AvgIpc) is 3.22. The van der Waals surface area contributed by atoms with Crippen molar-refractivity contribution >= 4 is 11.3 Å². The van der Waals surface area contributed by atoms with Crippen molar-refractivity contribution in [2.75, 3.05) is 26.2 Å². The summed E-state index contributed by atoms with van der Waals surface area (Å²) in [5.41, 5.74) is 2.10. The summed E-state index contributed by atoms with van der Waals surface area (Å²) < 4.78 is 6.16. The Hall–Kier alpha value is -1.27. The minimum absolute atomic E-state index is 0.346. The van der Waals surface area contributed by atoms with E-state index in [9.17, 15) is 0 Å². The van der Waals surface area contributed by atoms with Gasteiger partial charge in [-0.3, -0.25) is 14.8 Å². The number of piperazine rings is 1. The summed E-state index contributed by atoms with van der Waals surface area (Å²) in [6.07, 6.45) is 1.49. The summed E-state index contributed by atoms with van der Waals surface area (Å²) in [5, 5.41) is 2.17. The second-order valence-electron chi connectivity index (χ2n) is 6.90. The van der Waals surface area contributed by atoms with E-state index in [1.807, 2.05) is 24.3 Å². The molecule has 2 fully saturated rings. The second-order valence-corrected chi connectivity index (χ2v) is 7.93. The molecule has 4 nitrogen and oxygen atoms in total. The quantitative estimate of drug-likeness (QED) is 0.835. The van der Waals surface area contributed by atoms with E-state index in [-0.39, 0.29) is 0 Å². The van der Waals surface area contributed by atoms with Crippen molar-refractivity contribution in [2.45, 2.75) is 38.6 Å². The molecule has 2 aromatic heterocycles. The van der Waals surface area contributed by atoms with Gasteiger partial charge < -0.3 is 4.74 Å². The Balaban J connectivity index is 1.28. The van der Waals surface area contributed by atoms with Crippen molar-refractivity contribution in [3.05, 3.63) is 52.0 Å². The molecule has 0 spiro atoms. The fourth-order valence-corrected chi connectivity index (χ4v) is 4.58. The van der Waals surface area contributed by atoms with Gasteiger partial charge in [-0.05, 0) is 36.9 Å². The van der Waals surface area contributed by atoms with Crippen LogP contribution in [0.25, 0.3) is 0 Å². The van der Waals surface area contributed by atoms with Gasteiger partial charge in [0.05, 0.1) is 18.4 Å². The van der Waals surface area contributed by atoms with Gasteiger partial charge in [0.1, 0.15) is 0 Å². The van der Waals surface area contributed by atoms with E-state index in [1.165, 1.54) is 24.5 Å². The summed E-state index contributed by atoms with van der Waals surface area (Å²) in [6.45, 7) is 8.33. The van der Waals surface area contributed by atoms with E-state index in [0.717, 1.165) is 30.9 Å². The molecule has 4 heterocycles. The van der Waals surface area contributed by atoms with E-state index < -0.39 is 0 Å². The molecule has 0 N–H and O–H groups in total. The van der Waals surface area contributed by atoms with Crippen LogP contribution in [0.15, 0.2) is 35.7 Å². The van der Waals surface area contributed by atoms with Gasteiger partial charge in [0.15, 0.2) is 0 Å². The van der Waals surface area contributed by atoms with Crippen LogP contribution in [0.5, 0.6) is 0 Å². The van der Waals surface area contributed by atoms with Crippen molar-refractivity contribution in [3.8, 4) is 0 Å². The molecular weight excluding hydrogens is 318 g/mol. The Morgan fingerprint density at radius 2 is 2.17 bits per heavy atom. The Morgan fingerprint density at radius 3 is 3.00 bits per heavy atom. The molecule has 0 saturated carbocycles. The largest absolute Gasteiger partial charge is 0.371 e. The van der Waals surface area contributed by atoms with E-state index in [4.69, 9.17) is 4.74 Å². The molecule has 2 aliphatic rings. The van der Waals surface area contributed by atoms with E-state index in [2.05, 4.69) is 44.4 Å². The molecule has 2 unspecified atom stereocenters. The number of hydrogen-bond acceptors (Lipinski definition) is 5. The lowest BCUT2D eigenvalue weighted by atomic mass is 10.1. The third-order valence-corrected chi connectivity index (χ3v) is 5.90. The number of thiophene rings is 1. The topological polar surface area (TPSA) is 28.6 Å². The highest BCUT2D eigenvalue weighted by Gasteiger charge is 2.36. The normalized spacial score (nSPS) is 25.0. The summed E-state index contributed by atoms with van der Waals surface area (Å²) in [5.74, 6) is 0. The zero-order valence-corrected chi connectivity index (χ0v) is 15.0. The average molecular weight is 343 g/mol. The lowest BCUT2D eigenvalue weighted by Gasteiger charge is -2.37. The summed E-state index contributed by atoms with van der Waals surface area (Å²) in [4.78, 5) is 11.2. The van der Waals surface area contributed by atoms with E-state index >= 15 is 0 Å². The molecular formula is C19H25N3OS. The van der Waals surface area contributed by atoms with Crippen LogP contribution < -0.4 is 0 Å². The van der Waals surface area contributed by atoms with Gasteiger partial charge in [0.2, 0.25) is 0 Å². The number of aryl methyl sites for hydroxylation is 1. The molecule has 2 saturated heterocycles. The van der Waals surface area contributed by atoms with Crippen LogP contribution >= 0.6 is 11.3 Å². The van der Waals surface area contributed by atoms with Crippen LogP contribution in [0.3, 0.4) is 0 Å². The monoisotopic (exact) mass is 343 g/mol. The Bertz CT molecular complexity index is 660. The fourth-order valence-electron chi connectivity index (χ4n) is 3.83. The van der Waals surface area contributed by atoms with Gasteiger partial charge in [0, 0.05) is 49.3 Å². The number of rotatable bonds is 5. The van der Waals surface area contributed by atoms with Gasteiger partial charge in [-0.2, -0.15) is 0 Å². The minimum atomic E-state index is 0.346. The van der Waals surface area contributed by atoms with Crippen molar-refractivity contribution in [2.24, 2.45) is 0 Å². The van der Waals surface area contributed by atoms with Gasteiger partial charge >= 0.3 is 0 Å². The molecule has 2 atom stereocenters. The maximum atomic E-state index is 6.16. The second kappa shape index (κ2) is 7.31. The minimum Gasteiger partial charge on any atom is -0.371 e. The molecule has 0 aliphatic carbocycles. The van der Waals surface area contributed by atoms with Gasteiger partial charge in [0.25, 0.3) is 0 Å². The summed E-state index contributed by atoms with van der Waals surface area (Å²) in [6, 6.07) is 11.2. The van der Waals surface area contributed by atoms with Crippen molar-refractivity contribution in [1.29, 1.82) is 0 Å². The smallest absolute Gasteiger partial charge is 0.0892 e. The number of hydrogen-bond donors (Lipinski definition) is 0. The first-order valence-electron chi connectivity index (χ1n) is 8.79. The molecule has 0 radical (unpaired) electrons. The molecule has 0 aromatic carbocycles. The van der Waals surface area contributed by atoms with Gasteiger partial charge in [-0.1, -0.05) is 12.1 Å². The highest BCUT2D eigenvalue weighted by molar-refractivity contribution is 7.09. The number of aromatic nitrogens is 1. The Labute approximate surface area is 148 Å². The van der Waals surface area contributed by atoms with Gasteiger partial charge in [-0.15, -0.1) is 11.3 Å². The molecule has 24 heavy (non-hydrogen) atoms. The van der Waals surface area contributed by atoms with Crippen LogP contribution in [0, 0.1) is 6.92 Å². The van der Waals surface area contributed by atoms with Crippen LogP contribution in [0.4, 0.5) is 0 Å². The number of ether oxygens (including phenoxy) is 1. The van der Waals surface area contributed by atoms with Crippen LogP contribution in [0.2, 0.25) is 0 Å². The van der Waals surface area contributed by atoms with Crippen molar-refractivity contribution in [1.82, 2.24) is 14.8 Å². The SMILES string of the molecule is Cc1cccc(COC2CC3CN(Cc4cccs4)CCN3C2)n1. The molecule has 4 rings (SSSR count). The fraction of sp³-hybridized carbons (Fsp3) is 0.526. The summed E-state index contributed by atoms with van der Waals surface area (Å²) >= 11 is 1.86. The number of pyridine rings is 1. The standard InChI is InChI=1S/C19H25N3OS/c1-15-4-2-5-16(20-15)14-23-18-10-17-11-21(7-8-22(17)12-18)13-19-6-3-9-24-19/h2-6,9,17-18H,7-8,10-14H2,1H3. The van der Waals surface area contributed by atoms with E-state index in [1.54, 1.807) is 0 Å². The zero-order chi connectivity index (χ0) is 16.4. The lowest BCUT2D eigenvalue weighted by molar-refractivity contribution is 0.0440. The molecule has 2 aromatic rings. The highest BCUT2D eigenvalue weighted by Crippen LogP contribution is 2.26. The molecule has 0 bridgehead atoms. The predicted octanol–water partition coefficient (Wildman–Crippen LogP) is 2.93. The summed E-state index contributed by atoms with van der Waals surface area (Å²) in [7, 11) is 0. The van der Waals surface area contributed by atoms with Crippen LogP contribution in [-0.4, -0.2) is 53.1 Å². The zero-order valence-electron chi connectivity index (χ0n) is 14.2. The third kappa shape index (κ3) is 3.86. The van der Waals surface area contributed by atoms with Crippen LogP contribution in [-0.2, 0) is 17.9 Å². The predicted molar refractivity (Wildman–Crippen MR) is 97.1 cm³/mol. The number of fused-ring (bicyclic) bond motifs is 1. The van der Waals surface area contributed by atoms with Crippen LogP contribution in [0.1, 0.15) is 22.7 Å². The first-order chi connectivity index (χ1) is 11.8. The molecule has 2 aliphatic heterocycles. The number of nitrogens with zero attached hydrogens (tertiary/aromatic N) is 3. The molecule has 128 valence electrons. The lowest BCUT2D eigenvalue weighted by Crippen LogP contribution is -2.49. The third-order valence-electron chi connectivity index (χ3n) is 5.03. The highest BCUT2D eigenvalue weighted by atomic mass is 32.1. The van der Waals surface area contributed by atoms with E-state index in [0.29, 0.717) is 18.8 Å². The molecule has 0 amide bonds. The Kier molecular flexibility index (Phi) is 4.94. The van der Waals surface area contributed by atoms with Gasteiger partial charge in [-0.25, -0.2) is 0 Å². The first-order valence-corrected chi connectivity index (χ1v) is 9.67. The first kappa shape index (κ1) is 16.2. The maximum Gasteiger partial charge on any atom is 0.0892 e. The van der Waals surface area contributed by atoms with Crippen molar-refractivity contribution < 1.29 is 4.74 Å². The Morgan fingerprint density at radius 1 is 1.21 bits per heavy atom. The van der Waals surface area contributed by atoms with Crippen molar-refractivity contribution in [3.63, 3.8) is 0 Å². The molecule has 5 heteroatoms. The maximum absolute atomic E-state index is 6.16.